The van der Waals surface area contributed by atoms with Gasteiger partial charge in [0.1, 0.15) is 11.7 Å². The van der Waals surface area contributed by atoms with Crippen molar-refractivity contribution in [3.8, 4) is 0 Å². The Morgan fingerprint density at radius 2 is 1.25 bits per heavy atom. The monoisotopic (exact) mass is 494 g/mol. The Kier molecular flexibility index (Phi) is 8.31. The highest BCUT2D eigenvalue weighted by Gasteiger charge is 2.45. The molecule has 0 N–H and O–H groups in total. The van der Waals surface area contributed by atoms with Gasteiger partial charge in [0.2, 0.25) is 0 Å². The lowest BCUT2D eigenvalue weighted by atomic mass is 9.78. The van der Waals surface area contributed by atoms with E-state index in [1.54, 1.807) is 24.3 Å². The van der Waals surface area contributed by atoms with Gasteiger partial charge in [-0.15, -0.1) is 0 Å². The molecule has 2 aromatic carbocycles. The van der Waals surface area contributed by atoms with Gasteiger partial charge < -0.3 is 0 Å². The van der Waals surface area contributed by atoms with Crippen molar-refractivity contribution in [2.75, 3.05) is 0 Å². The first-order valence-electron chi connectivity index (χ1n) is 12.4. The van der Waals surface area contributed by atoms with Crippen molar-refractivity contribution in [1.29, 1.82) is 0 Å². The first-order chi connectivity index (χ1) is 16.7. The molecule has 6 heteroatoms. The Bertz CT molecular complexity index is 1040. The fourth-order valence-electron chi connectivity index (χ4n) is 4.00. The van der Waals surface area contributed by atoms with Crippen molar-refractivity contribution in [3.63, 3.8) is 0 Å². The van der Waals surface area contributed by atoms with Gasteiger partial charge in [0, 0.05) is 0 Å². The van der Waals surface area contributed by atoms with Gasteiger partial charge in [-0.25, -0.2) is 9.59 Å². The van der Waals surface area contributed by atoms with E-state index < -0.39 is 23.6 Å². The average Bonchev–Trinajstić information content (AvgIpc) is 2.82. The maximum atomic E-state index is 12.6. The van der Waals surface area contributed by atoms with E-state index in [0.717, 1.165) is 11.1 Å². The van der Waals surface area contributed by atoms with Gasteiger partial charge in [0.15, 0.2) is 0 Å². The van der Waals surface area contributed by atoms with E-state index in [9.17, 15) is 9.59 Å². The summed E-state index contributed by atoms with van der Waals surface area (Å²) in [5, 5.41) is 0. The maximum absolute atomic E-state index is 12.6. The van der Waals surface area contributed by atoms with Crippen LogP contribution in [0.25, 0.3) is 0 Å². The zero-order chi connectivity index (χ0) is 26.7. The van der Waals surface area contributed by atoms with Crippen LogP contribution >= 0.6 is 0 Å². The van der Waals surface area contributed by atoms with Crippen molar-refractivity contribution in [2.24, 2.45) is 5.92 Å². The van der Waals surface area contributed by atoms with E-state index in [4.69, 9.17) is 19.6 Å². The van der Waals surface area contributed by atoms with E-state index in [0.29, 0.717) is 30.4 Å². The zero-order valence-electron chi connectivity index (χ0n) is 22.3. The molecular weight excluding hydrogens is 456 g/mol. The Hall–Kier alpha value is -2.70. The second-order valence-electron chi connectivity index (χ2n) is 11.8. The Labute approximate surface area is 215 Å². The van der Waals surface area contributed by atoms with Crippen LogP contribution in [-0.4, -0.2) is 23.6 Å². The quantitative estimate of drug-likeness (QED) is 0.327. The summed E-state index contributed by atoms with van der Waals surface area (Å²) in [6.45, 7) is 20.8. The van der Waals surface area contributed by atoms with Crippen molar-refractivity contribution in [1.82, 2.24) is 0 Å². The van der Waals surface area contributed by atoms with Crippen LogP contribution in [0.15, 0.2) is 48.5 Å². The summed E-state index contributed by atoms with van der Waals surface area (Å²) in [4.78, 5) is 46.5. The van der Waals surface area contributed by atoms with Gasteiger partial charge in [-0.3, -0.25) is 9.78 Å². The van der Waals surface area contributed by atoms with Crippen LogP contribution < -0.4 is 0 Å². The van der Waals surface area contributed by atoms with Gasteiger partial charge in [-0.2, -0.15) is 9.78 Å². The number of benzene rings is 2. The van der Waals surface area contributed by atoms with Crippen molar-refractivity contribution in [2.45, 2.75) is 83.3 Å². The summed E-state index contributed by atoms with van der Waals surface area (Å²) in [6.07, 6.45) is 0.781. The molecule has 0 amide bonds. The number of carbonyl (C=O) groups is 2. The lowest BCUT2D eigenvalue weighted by Gasteiger charge is -2.39. The number of hydrogen-bond acceptors (Lipinski definition) is 6. The lowest BCUT2D eigenvalue weighted by molar-refractivity contribution is -0.380. The molecule has 0 heterocycles. The van der Waals surface area contributed by atoms with Crippen molar-refractivity contribution >= 4 is 11.9 Å². The van der Waals surface area contributed by atoms with E-state index >= 15 is 0 Å². The fraction of sp³-hybridized carbons (Fsp3) is 0.467. The minimum absolute atomic E-state index is 0.0267. The first kappa shape index (κ1) is 27.9. The molecule has 3 atom stereocenters. The summed E-state index contributed by atoms with van der Waals surface area (Å²) < 4.78 is 0. The summed E-state index contributed by atoms with van der Waals surface area (Å²) in [5.41, 5.74) is 1.63. The molecular formula is C30H38O6. The second kappa shape index (κ2) is 10.7. The molecule has 194 valence electrons. The van der Waals surface area contributed by atoms with Gasteiger partial charge in [0.05, 0.1) is 11.1 Å². The normalized spacial score (nSPS) is 22.7. The third-order valence-corrected chi connectivity index (χ3v) is 6.61. The predicted octanol–water partition coefficient (Wildman–Crippen LogP) is 6.73. The highest BCUT2D eigenvalue weighted by atomic mass is 17.2. The predicted molar refractivity (Wildman–Crippen MR) is 138 cm³/mol. The topological polar surface area (TPSA) is 71.1 Å². The molecule has 0 aromatic heterocycles. The number of rotatable bonds is 6. The Morgan fingerprint density at radius 1 is 0.806 bits per heavy atom. The molecule has 0 aliphatic heterocycles. The molecule has 6 nitrogen and oxygen atoms in total. The molecule has 1 saturated carbocycles. The zero-order valence-corrected chi connectivity index (χ0v) is 22.3. The molecule has 0 spiro atoms. The van der Waals surface area contributed by atoms with Crippen LogP contribution in [0.2, 0.25) is 0 Å². The molecule has 0 bridgehead atoms. The van der Waals surface area contributed by atoms with E-state index in [2.05, 4.69) is 55.4 Å². The highest BCUT2D eigenvalue weighted by Crippen LogP contribution is 2.37. The minimum Gasteiger partial charge on any atom is -0.292 e. The molecule has 2 aromatic rings. The first-order valence-corrected chi connectivity index (χ1v) is 12.4. The highest BCUT2D eigenvalue weighted by molar-refractivity contribution is 5.89. The van der Waals surface area contributed by atoms with Gasteiger partial charge in [-0.05, 0) is 78.3 Å². The molecule has 3 unspecified atom stereocenters. The van der Waals surface area contributed by atoms with Crippen LogP contribution in [0.3, 0.4) is 0 Å². The smallest absolute Gasteiger partial charge is 0.292 e. The van der Waals surface area contributed by atoms with Gasteiger partial charge in [-0.1, -0.05) is 72.7 Å². The van der Waals surface area contributed by atoms with Crippen molar-refractivity contribution < 1.29 is 29.1 Å². The Morgan fingerprint density at radius 3 is 1.69 bits per heavy atom. The molecule has 3 rings (SSSR count). The number of hydrogen-bond donors (Lipinski definition) is 0. The third-order valence-electron chi connectivity index (χ3n) is 6.61. The van der Waals surface area contributed by atoms with Gasteiger partial charge in [0.25, 0.3) is 0 Å². The molecule has 2 radical (unpaired) electrons. The largest absolute Gasteiger partial charge is 0.373 e. The summed E-state index contributed by atoms with van der Waals surface area (Å²) in [6, 6.07) is 14.4. The van der Waals surface area contributed by atoms with Crippen LogP contribution in [0.1, 0.15) is 92.6 Å². The van der Waals surface area contributed by atoms with Crippen LogP contribution in [-0.2, 0) is 30.4 Å². The van der Waals surface area contributed by atoms with Crippen molar-refractivity contribution in [3.05, 3.63) is 84.6 Å². The summed E-state index contributed by atoms with van der Waals surface area (Å²) >= 11 is 0. The number of carbonyl (C=O) groups excluding carboxylic acids is 2. The van der Waals surface area contributed by atoms with Crippen LogP contribution in [0, 0.1) is 19.8 Å². The molecule has 1 aliphatic carbocycles. The SMILES string of the molecule is [CH2]C1CCC([CH2])(OOC(=O)c2ccc(C(C)(C)C)cc2)C(OOC(=O)c2ccc(C(C)(C)C)cc2)C1. The van der Waals surface area contributed by atoms with E-state index in [-0.39, 0.29) is 16.7 Å². The maximum Gasteiger partial charge on any atom is 0.373 e. The molecule has 0 saturated heterocycles. The molecule has 1 aliphatic rings. The van der Waals surface area contributed by atoms with Gasteiger partial charge >= 0.3 is 11.9 Å². The van der Waals surface area contributed by atoms with Crippen LogP contribution in [0.5, 0.6) is 0 Å². The van der Waals surface area contributed by atoms with E-state index in [1.165, 1.54) is 0 Å². The van der Waals surface area contributed by atoms with E-state index in [1.807, 2.05) is 24.3 Å². The third kappa shape index (κ3) is 6.95. The molecule has 36 heavy (non-hydrogen) atoms. The summed E-state index contributed by atoms with van der Waals surface area (Å²) in [5.74, 6) is -1.20. The van der Waals surface area contributed by atoms with Crippen LogP contribution in [0.4, 0.5) is 0 Å². The minimum atomic E-state index is -1.24. The standard InChI is InChI=1S/C30H38O6/c1-20-17-18-30(8,36-35-27(32)22-11-15-24(16-12-22)29(5,6)7)25(19-20)33-34-26(31)21-9-13-23(14-10-21)28(2,3)4/h9-16,20,25H,1,8,17-19H2,2-7H3. The summed E-state index contributed by atoms with van der Waals surface area (Å²) in [7, 11) is 0. The Balaban J connectivity index is 1.62. The second-order valence-corrected chi connectivity index (χ2v) is 11.8. The lowest BCUT2D eigenvalue weighted by Crippen LogP contribution is -2.49. The molecule has 1 fully saturated rings. The fourth-order valence-corrected chi connectivity index (χ4v) is 4.00. The average molecular weight is 495 g/mol.